The van der Waals surface area contributed by atoms with E-state index in [0.717, 1.165) is 19.5 Å². The predicted octanol–water partition coefficient (Wildman–Crippen LogP) is 1.87. The minimum Gasteiger partial charge on any atom is -0.324 e. The van der Waals surface area contributed by atoms with Crippen LogP contribution < -0.4 is 10.6 Å². The van der Waals surface area contributed by atoms with E-state index in [-0.39, 0.29) is 24.0 Å². The van der Waals surface area contributed by atoms with Crippen LogP contribution in [0.5, 0.6) is 0 Å². The van der Waals surface area contributed by atoms with Gasteiger partial charge in [0.25, 0.3) is 0 Å². The molecule has 1 aromatic rings. The molecule has 1 unspecified atom stereocenters. The minimum atomic E-state index is -0.399. The Kier molecular flexibility index (Phi) is 6.91. The van der Waals surface area contributed by atoms with Crippen LogP contribution in [0, 0.1) is 5.82 Å². The highest BCUT2D eigenvalue weighted by molar-refractivity contribution is 5.90. The summed E-state index contributed by atoms with van der Waals surface area (Å²) in [6, 6.07) is 6.71. The smallest absolute Gasteiger partial charge is 0.225 e. The van der Waals surface area contributed by atoms with Crippen LogP contribution in [0.4, 0.5) is 10.1 Å². The first-order chi connectivity index (χ1) is 9.16. The number of anilines is 1. The highest BCUT2D eigenvalue weighted by Crippen LogP contribution is 2.13. The van der Waals surface area contributed by atoms with Crippen molar-refractivity contribution in [1.82, 2.24) is 10.2 Å². The molecule has 1 aromatic carbocycles. The molecule has 1 aliphatic heterocycles. The normalized spacial score (nSPS) is 17.9. The summed E-state index contributed by atoms with van der Waals surface area (Å²) < 4.78 is 13.4. The number of hydrogen-bond acceptors (Lipinski definition) is 3. The number of carbonyl (C=O) groups excluding carboxylic acids is 1. The summed E-state index contributed by atoms with van der Waals surface area (Å²) >= 11 is 0. The van der Waals surface area contributed by atoms with Crippen molar-refractivity contribution in [3.63, 3.8) is 0 Å². The van der Waals surface area contributed by atoms with Gasteiger partial charge in [-0.3, -0.25) is 4.79 Å². The van der Waals surface area contributed by atoms with E-state index in [1.165, 1.54) is 6.07 Å². The van der Waals surface area contributed by atoms with Gasteiger partial charge in [-0.15, -0.1) is 12.4 Å². The maximum Gasteiger partial charge on any atom is 0.225 e. The Bertz CT molecular complexity index is 438. The molecule has 0 spiro atoms. The van der Waals surface area contributed by atoms with Crippen molar-refractivity contribution in [2.24, 2.45) is 0 Å². The fourth-order valence-corrected chi connectivity index (χ4v) is 2.25. The molecule has 1 amide bonds. The molecular formula is C14H21ClFN3O. The third-order valence-electron chi connectivity index (χ3n) is 3.50. The number of para-hydroxylation sites is 1. The second-order valence-electron chi connectivity index (χ2n) is 4.91. The molecule has 112 valence electrons. The van der Waals surface area contributed by atoms with E-state index in [1.807, 2.05) is 7.05 Å². The van der Waals surface area contributed by atoms with Gasteiger partial charge in [0.2, 0.25) is 5.91 Å². The van der Waals surface area contributed by atoms with Crippen LogP contribution in [0.25, 0.3) is 0 Å². The van der Waals surface area contributed by atoms with Crippen LogP contribution >= 0.6 is 12.4 Å². The van der Waals surface area contributed by atoms with E-state index >= 15 is 0 Å². The number of benzene rings is 1. The number of halogens is 2. The topological polar surface area (TPSA) is 44.4 Å². The molecule has 1 aliphatic rings. The van der Waals surface area contributed by atoms with Gasteiger partial charge >= 0.3 is 0 Å². The summed E-state index contributed by atoms with van der Waals surface area (Å²) in [5.74, 6) is -0.549. The van der Waals surface area contributed by atoms with E-state index in [1.54, 1.807) is 18.2 Å². The third-order valence-corrected chi connectivity index (χ3v) is 3.50. The van der Waals surface area contributed by atoms with Crippen molar-refractivity contribution in [2.75, 3.05) is 32.0 Å². The molecule has 0 bridgehead atoms. The molecule has 2 N–H and O–H groups in total. The number of rotatable bonds is 5. The van der Waals surface area contributed by atoms with E-state index in [4.69, 9.17) is 0 Å². The summed E-state index contributed by atoms with van der Waals surface area (Å²) in [5.41, 5.74) is 0.248. The highest BCUT2D eigenvalue weighted by Gasteiger charge is 2.19. The summed E-state index contributed by atoms with van der Waals surface area (Å²) in [6.45, 7) is 2.70. The Balaban J connectivity index is 0.00000200. The number of nitrogens with one attached hydrogen (secondary N) is 2. The van der Waals surface area contributed by atoms with Gasteiger partial charge < -0.3 is 15.5 Å². The van der Waals surface area contributed by atoms with Gasteiger partial charge in [0.05, 0.1) is 5.69 Å². The molecule has 2 rings (SSSR count). The van der Waals surface area contributed by atoms with Crippen LogP contribution in [0.1, 0.15) is 12.8 Å². The number of carbonyl (C=O) groups is 1. The number of amides is 1. The first-order valence-electron chi connectivity index (χ1n) is 6.62. The molecule has 0 aliphatic carbocycles. The second-order valence-corrected chi connectivity index (χ2v) is 4.91. The molecule has 1 atom stereocenters. The highest BCUT2D eigenvalue weighted by atomic mass is 35.5. The average molecular weight is 302 g/mol. The fraction of sp³-hybridized carbons (Fsp3) is 0.500. The molecule has 1 saturated heterocycles. The predicted molar refractivity (Wildman–Crippen MR) is 80.8 cm³/mol. The molecule has 20 heavy (non-hydrogen) atoms. The molecule has 0 aromatic heterocycles. The van der Waals surface area contributed by atoms with Crippen LogP contribution in [-0.2, 0) is 4.79 Å². The Morgan fingerprint density at radius 1 is 1.50 bits per heavy atom. The van der Waals surface area contributed by atoms with Crippen molar-refractivity contribution in [3.05, 3.63) is 30.1 Å². The molecule has 6 heteroatoms. The van der Waals surface area contributed by atoms with Crippen LogP contribution in [0.3, 0.4) is 0 Å². The number of likely N-dealkylation sites (N-methyl/N-ethyl adjacent to an activating group) is 1. The van der Waals surface area contributed by atoms with Crippen LogP contribution in [-0.4, -0.2) is 43.5 Å². The number of nitrogens with zero attached hydrogens (tertiary/aromatic N) is 1. The lowest BCUT2D eigenvalue weighted by Crippen LogP contribution is -2.35. The van der Waals surface area contributed by atoms with Crippen LogP contribution in [0.2, 0.25) is 0 Å². The largest absolute Gasteiger partial charge is 0.324 e. The first-order valence-corrected chi connectivity index (χ1v) is 6.62. The van der Waals surface area contributed by atoms with E-state index in [9.17, 15) is 9.18 Å². The molecule has 1 fully saturated rings. The summed E-state index contributed by atoms with van der Waals surface area (Å²) in [6.07, 6.45) is 1.49. The second kappa shape index (κ2) is 8.19. The van der Waals surface area contributed by atoms with Gasteiger partial charge in [-0.2, -0.15) is 0 Å². The monoisotopic (exact) mass is 301 g/mol. The maximum absolute atomic E-state index is 13.4. The Hall–Kier alpha value is -1.17. The lowest BCUT2D eigenvalue weighted by Gasteiger charge is -2.22. The lowest BCUT2D eigenvalue weighted by molar-refractivity contribution is -0.116. The summed E-state index contributed by atoms with van der Waals surface area (Å²) in [4.78, 5) is 13.9. The lowest BCUT2D eigenvalue weighted by atomic mass is 10.2. The molecule has 0 saturated carbocycles. The summed E-state index contributed by atoms with van der Waals surface area (Å²) in [5, 5.41) is 5.90. The van der Waals surface area contributed by atoms with Crippen molar-refractivity contribution >= 4 is 24.0 Å². The molecular weight excluding hydrogens is 281 g/mol. The SMILES string of the molecule is CN(CCC(=O)Nc1ccccc1F)C1CCNC1.Cl. The quantitative estimate of drug-likeness (QED) is 0.873. The van der Waals surface area contributed by atoms with Gasteiger partial charge in [0, 0.05) is 25.6 Å². The molecule has 0 radical (unpaired) electrons. The van der Waals surface area contributed by atoms with E-state index in [2.05, 4.69) is 15.5 Å². The average Bonchev–Trinajstić information content (AvgIpc) is 2.93. The zero-order valence-corrected chi connectivity index (χ0v) is 12.4. The molecule has 1 heterocycles. The van der Waals surface area contributed by atoms with Gasteiger partial charge in [-0.05, 0) is 32.1 Å². The first kappa shape index (κ1) is 16.9. The Morgan fingerprint density at radius 2 is 2.25 bits per heavy atom. The third kappa shape index (κ3) is 4.74. The standard InChI is InChI=1S/C14H20FN3O.ClH/c1-18(11-6-8-16-10-11)9-7-14(19)17-13-5-3-2-4-12(13)15;/h2-5,11,16H,6-10H2,1H3,(H,17,19);1H. The van der Waals surface area contributed by atoms with E-state index in [0.29, 0.717) is 19.0 Å². The molecule has 4 nitrogen and oxygen atoms in total. The van der Waals surface area contributed by atoms with Crippen LogP contribution in [0.15, 0.2) is 24.3 Å². The Labute approximate surface area is 125 Å². The van der Waals surface area contributed by atoms with Crippen molar-refractivity contribution in [3.8, 4) is 0 Å². The van der Waals surface area contributed by atoms with Gasteiger partial charge in [-0.1, -0.05) is 12.1 Å². The van der Waals surface area contributed by atoms with Crippen molar-refractivity contribution < 1.29 is 9.18 Å². The van der Waals surface area contributed by atoms with Gasteiger partial charge in [0.1, 0.15) is 5.82 Å². The minimum absolute atomic E-state index is 0. The van der Waals surface area contributed by atoms with Gasteiger partial charge in [-0.25, -0.2) is 4.39 Å². The van der Waals surface area contributed by atoms with E-state index < -0.39 is 5.82 Å². The van der Waals surface area contributed by atoms with Gasteiger partial charge in [0.15, 0.2) is 0 Å². The fourth-order valence-electron chi connectivity index (χ4n) is 2.25. The maximum atomic E-state index is 13.4. The van der Waals surface area contributed by atoms with Crippen molar-refractivity contribution in [1.29, 1.82) is 0 Å². The summed E-state index contributed by atoms with van der Waals surface area (Å²) in [7, 11) is 2.02. The zero-order valence-electron chi connectivity index (χ0n) is 11.6. The zero-order chi connectivity index (χ0) is 13.7. The van der Waals surface area contributed by atoms with Crippen molar-refractivity contribution in [2.45, 2.75) is 18.9 Å². The Morgan fingerprint density at radius 3 is 2.90 bits per heavy atom. The number of hydrogen-bond donors (Lipinski definition) is 2.